The van der Waals surface area contributed by atoms with E-state index < -0.39 is 5.97 Å². The number of unbranched alkanes of at least 4 members (excludes halogenated alkanes) is 1. The Labute approximate surface area is 85.9 Å². The van der Waals surface area contributed by atoms with Crippen molar-refractivity contribution in [3.05, 3.63) is 0 Å². The third-order valence-electron chi connectivity index (χ3n) is 2.08. The van der Waals surface area contributed by atoms with Crippen molar-refractivity contribution in [2.45, 2.75) is 26.2 Å². The van der Waals surface area contributed by atoms with Gasteiger partial charge < -0.3 is 14.7 Å². The fourth-order valence-electron chi connectivity index (χ4n) is 1.19. The highest BCUT2D eigenvalue weighted by atomic mass is 16.5. The zero-order valence-electron chi connectivity index (χ0n) is 9.16. The van der Waals surface area contributed by atoms with Gasteiger partial charge in [-0.15, -0.1) is 0 Å². The van der Waals surface area contributed by atoms with E-state index in [1.807, 2.05) is 0 Å². The highest BCUT2D eigenvalue weighted by Crippen LogP contribution is 1.97. The molecule has 4 nitrogen and oxygen atoms in total. The molecule has 0 bridgehead atoms. The van der Waals surface area contributed by atoms with E-state index in [4.69, 9.17) is 9.84 Å². The molecule has 0 aromatic rings. The minimum atomic E-state index is -0.732. The van der Waals surface area contributed by atoms with Crippen LogP contribution in [0.1, 0.15) is 26.2 Å². The van der Waals surface area contributed by atoms with E-state index >= 15 is 0 Å². The fourth-order valence-corrected chi connectivity index (χ4v) is 1.19. The standard InChI is InChI=1S/C10H21NO3/c1-3-4-6-11(8-9-14-2)7-5-10(12)13/h3-9H2,1-2H3,(H,12,13). The minimum Gasteiger partial charge on any atom is -0.481 e. The summed E-state index contributed by atoms with van der Waals surface area (Å²) in [6, 6.07) is 0. The third-order valence-corrected chi connectivity index (χ3v) is 2.08. The van der Waals surface area contributed by atoms with Crippen LogP contribution >= 0.6 is 0 Å². The molecule has 0 aromatic heterocycles. The number of hydrogen-bond donors (Lipinski definition) is 1. The van der Waals surface area contributed by atoms with Crippen LogP contribution < -0.4 is 0 Å². The summed E-state index contributed by atoms with van der Waals surface area (Å²) in [5.41, 5.74) is 0. The molecule has 0 saturated heterocycles. The van der Waals surface area contributed by atoms with Crippen molar-refractivity contribution in [2.75, 3.05) is 33.4 Å². The lowest BCUT2D eigenvalue weighted by atomic mass is 10.3. The molecule has 0 heterocycles. The Morgan fingerprint density at radius 2 is 2.07 bits per heavy atom. The van der Waals surface area contributed by atoms with E-state index in [2.05, 4.69) is 11.8 Å². The molecule has 0 saturated carbocycles. The van der Waals surface area contributed by atoms with Gasteiger partial charge in [0.05, 0.1) is 13.0 Å². The van der Waals surface area contributed by atoms with Gasteiger partial charge in [-0.05, 0) is 13.0 Å². The number of ether oxygens (including phenoxy) is 1. The van der Waals surface area contributed by atoms with Crippen molar-refractivity contribution in [1.82, 2.24) is 4.90 Å². The summed E-state index contributed by atoms with van der Waals surface area (Å²) >= 11 is 0. The Balaban J connectivity index is 3.65. The molecule has 0 unspecified atom stereocenters. The number of rotatable bonds is 9. The predicted octanol–water partition coefficient (Wildman–Crippen LogP) is 1.21. The maximum absolute atomic E-state index is 10.4. The average Bonchev–Trinajstić information content (AvgIpc) is 2.16. The second kappa shape index (κ2) is 8.97. The number of carboxylic acid groups (broad SMARTS) is 1. The number of nitrogens with zero attached hydrogens (tertiary/aromatic N) is 1. The summed E-state index contributed by atoms with van der Waals surface area (Å²) in [4.78, 5) is 12.5. The second-order valence-electron chi connectivity index (χ2n) is 3.33. The minimum absolute atomic E-state index is 0.216. The Morgan fingerprint density at radius 1 is 1.36 bits per heavy atom. The quantitative estimate of drug-likeness (QED) is 0.612. The average molecular weight is 203 g/mol. The van der Waals surface area contributed by atoms with Crippen molar-refractivity contribution < 1.29 is 14.6 Å². The first-order chi connectivity index (χ1) is 6.70. The Kier molecular flexibility index (Phi) is 8.57. The van der Waals surface area contributed by atoms with Crippen molar-refractivity contribution in [2.24, 2.45) is 0 Å². The van der Waals surface area contributed by atoms with Gasteiger partial charge in [-0.1, -0.05) is 13.3 Å². The van der Waals surface area contributed by atoms with Gasteiger partial charge in [0.15, 0.2) is 0 Å². The van der Waals surface area contributed by atoms with E-state index in [0.29, 0.717) is 13.2 Å². The van der Waals surface area contributed by atoms with Crippen LogP contribution in [0.5, 0.6) is 0 Å². The van der Waals surface area contributed by atoms with Gasteiger partial charge in [0.2, 0.25) is 0 Å². The van der Waals surface area contributed by atoms with Crippen LogP contribution in [0.3, 0.4) is 0 Å². The Morgan fingerprint density at radius 3 is 2.57 bits per heavy atom. The van der Waals surface area contributed by atoms with E-state index in [0.717, 1.165) is 25.9 Å². The maximum atomic E-state index is 10.4. The van der Waals surface area contributed by atoms with Gasteiger partial charge in [0.1, 0.15) is 0 Å². The molecular formula is C10H21NO3. The molecule has 0 aliphatic rings. The van der Waals surface area contributed by atoms with Gasteiger partial charge in [0.25, 0.3) is 0 Å². The number of carbonyl (C=O) groups is 1. The van der Waals surface area contributed by atoms with Gasteiger partial charge >= 0.3 is 5.97 Å². The summed E-state index contributed by atoms with van der Waals surface area (Å²) in [5.74, 6) is -0.732. The fraction of sp³-hybridized carbons (Fsp3) is 0.900. The van der Waals surface area contributed by atoms with E-state index in [1.165, 1.54) is 0 Å². The summed E-state index contributed by atoms with van der Waals surface area (Å²) in [5, 5.41) is 8.56. The van der Waals surface area contributed by atoms with Gasteiger partial charge in [0, 0.05) is 20.2 Å². The van der Waals surface area contributed by atoms with Crippen molar-refractivity contribution in [3.8, 4) is 0 Å². The monoisotopic (exact) mass is 203 g/mol. The van der Waals surface area contributed by atoms with Crippen LogP contribution in [0, 0.1) is 0 Å². The molecule has 0 aromatic carbocycles. The molecule has 0 aliphatic carbocycles. The predicted molar refractivity (Wildman–Crippen MR) is 55.5 cm³/mol. The summed E-state index contributed by atoms with van der Waals surface area (Å²) in [6.45, 7) is 5.21. The molecule has 0 rings (SSSR count). The molecule has 0 amide bonds. The number of methoxy groups -OCH3 is 1. The number of carboxylic acids is 1. The normalized spacial score (nSPS) is 10.8. The largest absolute Gasteiger partial charge is 0.481 e. The van der Waals surface area contributed by atoms with Gasteiger partial charge in [-0.25, -0.2) is 0 Å². The molecule has 0 atom stereocenters. The van der Waals surface area contributed by atoms with Gasteiger partial charge in [-0.2, -0.15) is 0 Å². The van der Waals surface area contributed by atoms with E-state index in [1.54, 1.807) is 7.11 Å². The molecule has 0 radical (unpaired) electrons. The summed E-state index contributed by atoms with van der Waals surface area (Å²) in [7, 11) is 1.66. The SMILES string of the molecule is CCCCN(CCOC)CCC(=O)O. The summed E-state index contributed by atoms with van der Waals surface area (Å²) < 4.78 is 4.97. The van der Waals surface area contributed by atoms with Crippen LogP contribution in [0.15, 0.2) is 0 Å². The maximum Gasteiger partial charge on any atom is 0.304 e. The first kappa shape index (κ1) is 13.4. The molecule has 4 heteroatoms. The first-order valence-electron chi connectivity index (χ1n) is 5.13. The van der Waals surface area contributed by atoms with Crippen molar-refractivity contribution >= 4 is 5.97 Å². The molecule has 0 spiro atoms. The lowest BCUT2D eigenvalue weighted by Crippen LogP contribution is -2.30. The molecule has 0 aliphatic heterocycles. The molecule has 14 heavy (non-hydrogen) atoms. The first-order valence-corrected chi connectivity index (χ1v) is 5.13. The zero-order valence-corrected chi connectivity index (χ0v) is 9.16. The number of aliphatic carboxylic acids is 1. The highest BCUT2D eigenvalue weighted by Gasteiger charge is 2.06. The highest BCUT2D eigenvalue weighted by molar-refractivity contribution is 5.66. The third kappa shape index (κ3) is 8.01. The smallest absolute Gasteiger partial charge is 0.304 e. The van der Waals surface area contributed by atoms with Crippen LogP contribution in [0.4, 0.5) is 0 Å². The Hall–Kier alpha value is -0.610. The van der Waals surface area contributed by atoms with Crippen LogP contribution in [0.2, 0.25) is 0 Å². The second-order valence-corrected chi connectivity index (χ2v) is 3.33. The van der Waals surface area contributed by atoms with E-state index in [9.17, 15) is 4.79 Å². The van der Waals surface area contributed by atoms with Crippen molar-refractivity contribution in [1.29, 1.82) is 0 Å². The van der Waals surface area contributed by atoms with Crippen LogP contribution in [-0.2, 0) is 9.53 Å². The zero-order chi connectivity index (χ0) is 10.8. The van der Waals surface area contributed by atoms with Gasteiger partial charge in [-0.3, -0.25) is 4.79 Å². The molecule has 1 N–H and O–H groups in total. The molecule has 0 fully saturated rings. The summed E-state index contributed by atoms with van der Waals surface area (Å²) in [6.07, 6.45) is 2.47. The lowest BCUT2D eigenvalue weighted by Gasteiger charge is -2.20. The number of hydrogen-bond acceptors (Lipinski definition) is 3. The molecule has 84 valence electrons. The van der Waals surface area contributed by atoms with E-state index in [-0.39, 0.29) is 6.42 Å². The lowest BCUT2D eigenvalue weighted by molar-refractivity contribution is -0.137. The molecular weight excluding hydrogens is 182 g/mol. The Bertz CT molecular complexity index is 142. The van der Waals surface area contributed by atoms with Crippen LogP contribution in [0.25, 0.3) is 0 Å². The van der Waals surface area contributed by atoms with Crippen LogP contribution in [-0.4, -0.2) is 49.3 Å². The van der Waals surface area contributed by atoms with Crippen molar-refractivity contribution in [3.63, 3.8) is 0 Å². The topological polar surface area (TPSA) is 49.8 Å².